The normalized spacial score (nSPS) is 11.2. The largest absolute Gasteiger partial charge is 0.467 e. The lowest BCUT2D eigenvalue weighted by atomic mass is 10.1. The van der Waals surface area contributed by atoms with Crippen molar-refractivity contribution in [3.63, 3.8) is 0 Å². The van der Waals surface area contributed by atoms with Crippen LogP contribution in [0.1, 0.15) is 22.4 Å². The van der Waals surface area contributed by atoms with Gasteiger partial charge in [-0.2, -0.15) is 18.2 Å². The van der Waals surface area contributed by atoms with E-state index in [0.717, 1.165) is 23.4 Å². The van der Waals surface area contributed by atoms with Gasteiger partial charge in [0.2, 0.25) is 0 Å². The fraction of sp³-hybridized carbons (Fsp3) is 0.208. The highest BCUT2D eigenvalue weighted by atomic mass is 19.4. The predicted molar refractivity (Wildman–Crippen MR) is 121 cm³/mol. The Morgan fingerprint density at radius 1 is 0.917 bits per heavy atom. The molecule has 0 fully saturated rings. The van der Waals surface area contributed by atoms with E-state index in [2.05, 4.69) is 24.9 Å². The number of pyridine rings is 1. The van der Waals surface area contributed by atoms with Gasteiger partial charge in [0, 0.05) is 37.0 Å². The minimum Gasteiger partial charge on any atom is -0.467 e. The topological polar surface area (TPSA) is 112 Å². The molecular formula is C24H20F3N5O4. The van der Waals surface area contributed by atoms with Gasteiger partial charge in [0.25, 0.3) is 11.6 Å². The Morgan fingerprint density at radius 2 is 1.64 bits per heavy atom. The molecule has 0 spiro atoms. The molecule has 0 aliphatic heterocycles. The van der Waals surface area contributed by atoms with Crippen LogP contribution in [-0.4, -0.2) is 38.6 Å². The maximum absolute atomic E-state index is 12.6. The van der Waals surface area contributed by atoms with Gasteiger partial charge in [-0.25, -0.2) is 15.0 Å². The predicted octanol–water partition coefficient (Wildman–Crippen LogP) is 3.99. The van der Waals surface area contributed by atoms with Gasteiger partial charge in [-0.15, -0.1) is 0 Å². The van der Waals surface area contributed by atoms with Gasteiger partial charge in [-0.05, 0) is 35.4 Å². The van der Waals surface area contributed by atoms with E-state index >= 15 is 0 Å². The van der Waals surface area contributed by atoms with Crippen molar-refractivity contribution in [1.82, 2.24) is 24.9 Å². The average molecular weight is 499 g/mol. The van der Waals surface area contributed by atoms with Crippen LogP contribution < -0.4 is 19.8 Å². The smallest absolute Gasteiger partial charge is 0.433 e. The summed E-state index contributed by atoms with van der Waals surface area (Å²) in [6.07, 6.45) is 2.05. The molecule has 0 radical (unpaired) electrons. The molecule has 0 aliphatic rings. The minimum atomic E-state index is -4.50. The third kappa shape index (κ3) is 6.56. The molecule has 12 heteroatoms. The molecule has 1 aromatic carbocycles. The second-order valence-corrected chi connectivity index (χ2v) is 7.51. The summed E-state index contributed by atoms with van der Waals surface area (Å²) in [6, 6.07) is 9.38. The molecule has 186 valence electrons. The van der Waals surface area contributed by atoms with E-state index in [1.165, 1.54) is 19.4 Å². The molecule has 36 heavy (non-hydrogen) atoms. The van der Waals surface area contributed by atoms with Gasteiger partial charge in [0.15, 0.2) is 0 Å². The maximum atomic E-state index is 12.6. The zero-order valence-electron chi connectivity index (χ0n) is 19.0. The Morgan fingerprint density at radius 3 is 2.25 bits per heavy atom. The summed E-state index contributed by atoms with van der Waals surface area (Å²) in [6.45, 7) is 0.262. The number of methoxy groups -OCH3 is 1. The van der Waals surface area contributed by atoms with Crippen LogP contribution in [0.25, 0.3) is 0 Å². The lowest BCUT2D eigenvalue weighted by Crippen LogP contribution is -2.16. The highest BCUT2D eigenvalue weighted by molar-refractivity contribution is 5.32. The Hall–Kier alpha value is -4.48. The van der Waals surface area contributed by atoms with Crippen molar-refractivity contribution in [2.75, 3.05) is 13.7 Å². The van der Waals surface area contributed by atoms with E-state index in [1.807, 2.05) is 0 Å². The van der Waals surface area contributed by atoms with E-state index in [9.17, 15) is 18.0 Å². The van der Waals surface area contributed by atoms with E-state index < -0.39 is 17.4 Å². The SMILES string of the molecule is COc1ncc(Cc2c[nH]c(OCCc3ccc(Oc4ccc(C(F)(F)F)nc4)cc3)nc2=O)cn1. The second-order valence-electron chi connectivity index (χ2n) is 7.51. The number of hydrogen-bond acceptors (Lipinski definition) is 8. The summed E-state index contributed by atoms with van der Waals surface area (Å²) >= 11 is 0. The number of aromatic amines is 1. The van der Waals surface area contributed by atoms with E-state index in [4.69, 9.17) is 14.2 Å². The van der Waals surface area contributed by atoms with Gasteiger partial charge in [0.05, 0.1) is 19.9 Å². The van der Waals surface area contributed by atoms with Crippen LogP contribution in [0.15, 0.2) is 66.0 Å². The molecule has 0 amide bonds. The van der Waals surface area contributed by atoms with Crippen LogP contribution in [0, 0.1) is 0 Å². The summed E-state index contributed by atoms with van der Waals surface area (Å²) in [5.74, 6) is 0.641. The van der Waals surface area contributed by atoms with Crippen molar-refractivity contribution in [2.45, 2.75) is 19.0 Å². The monoisotopic (exact) mass is 499 g/mol. The number of nitrogens with zero attached hydrogens (tertiary/aromatic N) is 4. The summed E-state index contributed by atoms with van der Waals surface area (Å²) in [4.78, 5) is 30.5. The van der Waals surface area contributed by atoms with Crippen LogP contribution in [0.4, 0.5) is 13.2 Å². The highest BCUT2D eigenvalue weighted by Gasteiger charge is 2.32. The molecule has 0 bridgehead atoms. The lowest BCUT2D eigenvalue weighted by Gasteiger charge is -2.09. The Bertz CT molecular complexity index is 1340. The first kappa shape index (κ1) is 24.6. The third-order valence-electron chi connectivity index (χ3n) is 4.92. The maximum Gasteiger partial charge on any atom is 0.433 e. The van der Waals surface area contributed by atoms with Crippen LogP contribution >= 0.6 is 0 Å². The van der Waals surface area contributed by atoms with Gasteiger partial charge < -0.3 is 19.2 Å². The van der Waals surface area contributed by atoms with E-state index in [-0.39, 0.29) is 24.4 Å². The summed E-state index contributed by atoms with van der Waals surface area (Å²) in [5.41, 5.74) is 0.696. The first-order valence-corrected chi connectivity index (χ1v) is 10.7. The number of H-pyrrole nitrogens is 1. The first-order valence-electron chi connectivity index (χ1n) is 10.7. The summed E-state index contributed by atoms with van der Waals surface area (Å²) in [7, 11) is 1.47. The number of halogens is 3. The molecule has 0 atom stereocenters. The van der Waals surface area contributed by atoms with Gasteiger partial charge in [-0.1, -0.05) is 12.1 Å². The van der Waals surface area contributed by atoms with Crippen molar-refractivity contribution in [2.24, 2.45) is 0 Å². The van der Waals surface area contributed by atoms with Crippen molar-refractivity contribution in [3.05, 3.63) is 93.9 Å². The average Bonchev–Trinajstić information content (AvgIpc) is 2.87. The lowest BCUT2D eigenvalue weighted by molar-refractivity contribution is -0.141. The molecular weight excluding hydrogens is 479 g/mol. The van der Waals surface area contributed by atoms with E-state index in [1.54, 1.807) is 36.7 Å². The van der Waals surface area contributed by atoms with Crippen molar-refractivity contribution < 1.29 is 27.4 Å². The fourth-order valence-corrected chi connectivity index (χ4v) is 3.10. The molecule has 0 saturated heterocycles. The molecule has 9 nitrogen and oxygen atoms in total. The van der Waals surface area contributed by atoms with Gasteiger partial charge in [0.1, 0.15) is 17.2 Å². The number of hydrogen-bond donors (Lipinski definition) is 1. The first-order chi connectivity index (χ1) is 17.3. The molecule has 0 unspecified atom stereocenters. The standard InChI is InChI=1S/C24H20F3N5O4/c1-34-22-29-11-16(12-30-22)10-17-13-31-23(32-21(17)33)35-9-8-15-2-4-18(5-3-15)36-19-6-7-20(28-14-19)24(25,26)27/h2-7,11-14H,8-10H2,1H3,(H,31,32,33). The van der Waals surface area contributed by atoms with Crippen molar-refractivity contribution >= 4 is 0 Å². The van der Waals surface area contributed by atoms with Crippen molar-refractivity contribution in [3.8, 4) is 23.5 Å². The van der Waals surface area contributed by atoms with Gasteiger partial charge >= 0.3 is 12.2 Å². The van der Waals surface area contributed by atoms with Crippen LogP contribution in [0.5, 0.6) is 23.5 Å². The molecule has 1 N–H and O–H groups in total. The quantitative estimate of drug-likeness (QED) is 0.368. The van der Waals surface area contributed by atoms with Crippen molar-refractivity contribution in [1.29, 1.82) is 0 Å². The van der Waals surface area contributed by atoms with E-state index in [0.29, 0.717) is 24.2 Å². The minimum absolute atomic E-state index is 0.101. The number of aromatic nitrogens is 5. The Kier molecular flexibility index (Phi) is 7.42. The molecule has 4 aromatic rings. The summed E-state index contributed by atoms with van der Waals surface area (Å²) < 4.78 is 53.8. The Labute approximate surface area is 203 Å². The molecule has 3 aromatic heterocycles. The number of alkyl halides is 3. The molecule has 0 aliphatic carbocycles. The molecule has 4 rings (SSSR count). The molecule has 3 heterocycles. The zero-order chi connectivity index (χ0) is 25.5. The van der Waals surface area contributed by atoms with Crippen LogP contribution in [0.2, 0.25) is 0 Å². The number of nitrogens with one attached hydrogen (secondary N) is 1. The number of rotatable bonds is 9. The highest BCUT2D eigenvalue weighted by Crippen LogP contribution is 2.29. The summed E-state index contributed by atoms with van der Waals surface area (Å²) in [5, 5.41) is 0. The second kappa shape index (κ2) is 10.8. The fourth-order valence-electron chi connectivity index (χ4n) is 3.10. The van der Waals surface area contributed by atoms with Gasteiger partial charge in [-0.3, -0.25) is 4.79 Å². The van der Waals surface area contributed by atoms with Crippen LogP contribution in [-0.2, 0) is 19.0 Å². The zero-order valence-corrected chi connectivity index (χ0v) is 19.0. The Balaban J connectivity index is 1.27. The third-order valence-corrected chi connectivity index (χ3v) is 4.92. The number of benzene rings is 1. The number of ether oxygens (including phenoxy) is 3. The van der Waals surface area contributed by atoms with Crippen LogP contribution in [0.3, 0.4) is 0 Å². The molecule has 0 saturated carbocycles.